The van der Waals surface area contributed by atoms with Gasteiger partial charge in [-0.1, -0.05) is 13.8 Å². The molecule has 0 spiro atoms. The van der Waals surface area contributed by atoms with Crippen molar-refractivity contribution >= 4 is 0 Å². The maximum Gasteiger partial charge on any atom is 0.0766 e. The maximum absolute atomic E-state index is 9.94. The first kappa shape index (κ1) is 14.8. The number of aliphatic hydroxyl groups excluding tert-OH is 1. The number of nitrogens with one attached hydrogen (secondary N) is 1. The standard InChI is InChI=1S/C11H25NO3/c1-3-11(14,4-2)10-12-6-5-8-15-9-7-13/h12-14H,3-10H2,1-2H3. The first-order chi connectivity index (χ1) is 7.18. The zero-order chi connectivity index (χ0) is 11.6. The smallest absolute Gasteiger partial charge is 0.0766 e. The van der Waals surface area contributed by atoms with Crippen molar-refractivity contribution in [3.05, 3.63) is 0 Å². The largest absolute Gasteiger partial charge is 0.394 e. The lowest BCUT2D eigenvalue weighted by atomic mass is 9.98. The Morgan fingerprint density at radius 1 is 1.20 bits per heavy atom. The summed E-state index contributed by atoms with van der Waals surface area (Å²) in [6.07, 6.45) is 2.46. The summed E-state index contributed by atoms with van der Waals surface area (Å²) in [7, 11) is 0. The van der Waals surface area contributed by atoms with Crippen molar-refractivity contribution in [1.82, 2.24) is 5.32 Å². The van der Waals surface area contributed by atoms with Gasteiger partial charge < -0.3 is 20.3 Å². The normalized spacial score (nSPS) is 12.0. The molecule has 0 bridgehead atoms. The second-order valence-electron chi connectivity index (χ2n) is 3.80. The van der Waals surface area contributed by atoms with E-state index in [1.807, 2.05) is 13.8 Å². The molecule has 0 aromatic heterocycles. The van der Waals surface area contributed by atoms with Gasteiger partial charge in [-0.2, -0.15) is 0 Å². The van der Waals surface area contributed by atoms with Crippen LogP contribution in [-0.4, -0.2) is 48.7 Å². The monoisotopic (exact) mass is 219 g/mol. The molecule has 0 unspecified atom stereocenters. The maximum atomic E-state index is 9.94. The van der Waals surface area contributed by atoms with Gasteiger partial charge >= 0.3 is 0 Å². The molecule has 4 nitrogen and oxygen atoms in total. The molecular weight excluding hydrogens is 194 g/mol. The molecule has 0 atom stereocenters. The van der Waals surface area contributed by atoms with Gasteiger partial charge in [-0.15, -0.1) is 0 Å². The number of rotatable bonds is 10. The van der Waals surface area contributed by atoms with Crippen LogP contribution < -0.4 is 5.32 Å². The number of hydrogen-bond donors (Lipinski definition) is 3. The van der Waals surface area contributed by atoms with Crippen LogP contribution in [-0.2, 0) is 4.74 Å². The van der Waals surface area contributed by atoms with Crippen molar-refractivity contribution in [3.8, 4) is 0 Å². The van der Waals surface area contributed by atoms with Gasteiger partial charge in [0.25, 0.3) is 0 Å². The lowest BCUT2D eigenvalue weighted by molar-refractivity contribution is 0.0316. The van der Waals surface area contributed by atoms with Gasteiger partial charge in [-0.25, -0.2) is 0 Å². The first-order valence-electron chi connectivity index (χ1n) is 5.80. The van der Waals surface area contributed by atoms with Crippen LogP contribution in [0.2, 0.25) is 0 Å². The average molecular weight is 219 g/mol. The molecule has 3 N–H and O–H groups in total. The summed E-state index contributed by atoms with van der Waals surface area (Å²) in [5, 5.41) is 21.6. The fourth-order valence-corrected chi connectivity index (χ4v) is 1.29. The van der Waals surface area contributed by atoms with Gasteiger partial charge in [0.2, 0.25) is 0 Å². The highest BCUT2D eigenvalue weighted by Crippen LogP contribution is 2.12. The molecule has 0 saturated heterocycles. The van der Waals surface area contributed by atoms with E-state index in [2.05, 4.69) is 5.32 Å². The van der Waals surface area contributed by atoms with Crippen molar-refractivity contribution in [2.24, 2.45) is 0 Å². The quantitative estimate of drug-likeness (QED) is 0.469. The van der Waals surface area contributed by atoms with Crippen LogP contribution >= 0.6 is 0 Å². The molecule has 0 aliphatic carbocycles. The first-order valence-corrected chi connectivity index (χ1v) is 5.80. The average Bonchev–Trinajstić information content (AvgIpc) is 2.27. The molecule has 0 aromatic rings. The molecule has 15 heavy (non-hydrogen) atoms. The molecule has 92 valence electrons. The van der Waals surface area contributed by atoms with E-state index in [1.165, 1.54) is 0 Å². The molecule has 4 heteroatoms. The summed E-state index contributed by atoms with van der Waals surface area (Å²) >= 11 is 0. The molecule has 0 amide bonds. The highest BCUT2D eigenvalue weighted by atomic mass is 16.5. The molecule has 0 fully saturated rings. The van der Waals surface area contributed by atoms with E-state index in [9.17, 15) is 5.11 Å². The van der Waals surface area contributed by atoms with Crippen LogP contribution in [0.15, 0.2) is 0 Å². The topological polar surface area (TPSA) is 61.7 Å². The molecule has 0 heterocycles. The Kier molecular flexibility index (Phi) is 9.00. The summed E-state index contributed by atoms with van der Waals surface area (Å²) in [5.74, 6) is 0. The molecule has 0 aromatic carbocycles. The van der Waals surface area contributed by atoms with E-state index < -0.39 is 5.60 Å². The highest BCUT2D eigenvalue weighted by Gasteiger charge is 2.20. The Balaban J connectivity index is 3.29. The van der Waals surface area contributed by atoms with Crippen molar-refractivity contribution in [3.63, 3.8) is 0 Å². The fraction of sp³-hybridized carbons (Fsp3) is 1.00. The van der Waals surface area contributed by atoms with Gasteiger partial charge in [0.15, 0.2) is 0 Å². The Bertz CT molecular complexity index is 138. The van der Waals surface area contributed by atoms with E-state index in [0.717, 1.165) is 25.8 Å². The van der Waals surface area contributed by atoms with Crippen LogP contribution in [0.25, 0.3) is 0 Å². The highest BCUT2D eigenvalue weighted by molar-refractivity contribution is 4.77. The van der Waals surface area contributed by atoms with Crippen LogP contribution in [0.4, 0.5) is 0 Å². The van der Waals surface area contributed by atoms with E-state index >= 15 is 0 Å². The lowest BCUT2D eigenvalue weighted by Gasteiger charge is -2.25. The van der Waals surface area contributed by atoms with Gasteiger partial charge in [0, 0.05) is 13.2 Å². The Morgan fingerprint density at radius 3 is 2.40 bits per heavy atom. The predicted octanol–water partition coefficient (Wildman–Crippen LogP) is 0.526. The third kappa shape index (κ3) is 7.73. The van der Waals surface area contributed by atoms with E-state index in [0.29, 0.717) is 19.8 Å². The second-order valence-corrected chi connectivity index (χ2v) is 3.80. The molecule has 0 aliphatic rings. The number of ether oxygens (including phenoxy) is 1. The third-order valence-corrected chi connectivity index (χ3v) is 2.65. The molecule has 0 aliphatic heterocycles. The minimum absolute atomic E-state index is 0.0822. The Hall–Kier alpha value is -0.160. The predicted molar refractivity (Wildman–Crippen MR) is 60.9 cm³/mol. The number of hydrogen-bond acceptors (Lipinski definition) is 4. The van der Waals surface area contributed by atoms with Crippen LogP contribution in [0.5, 0.6) is 0 Å². The summed E-state index contributed by atoms with van der Waals surface area (Å²) < 4.78 is 5.12. The van der Waals surface area contributed by atoms with Crippen LogP contribution in [0, 0.1) is 0 Å². The summed E-state index contributed by atoms with van der Waals surface area (Å²) in [6.45, 7) is 6.62. The van der Waals surface area contributed by atoms with Gasteiger partial charge in [-0.05, 0) is 25.8 Å². The van der Waals surface area contributed by atoms with E-state index in [1.54, 1.807) is 0 Å². The summed E-state index contributed by atoms with van der Waals surface area (Å²) in [5.41, 5.74) is -0.564. The molecule has 0 saturated carbocycles. The lowest BCUT2D eigenvalue weighted by Crippen LogP contribution is -2.40. The van der Waals surface area contributed by atoms with E-state index in [4.69, 9.17) is 9.84 Å². The molecule has 0 radical (unpaired) electrons. The van der Waals surface area contributed by atoms with Gasteiger partial charge in [-0.3, -0.25) is 0 Å². The Morgan fingerprint density at radius 2 is 1.87 bits per heavy atom. The zero-order valence-electron chi connectivity index (χ0n) is 9.96. The molecule has 0 rings (SSSR count). The number of aliphatic hydroxyl groups is 2. The Labute approximate surface area is 92.6 Å². The summed E-state index contributed by atoms with van der Waals surface area (Å²) in [4.78, 5) is 0. The van der Waals surface area contributed by atoms with Crippen LogP contribution in [0.1, 0.15) is 33.1 Å². The minimum Gasteiger partial charge on any atom is -0.394 e. The molecular formula is C11H25NO3. The van der Waals surface area contributed by atoms with E-state index in [-0.39, 0.29) is 6.61 Å². The zero-order valence-corrected chi connectivity index (χ0v) is 9.96. The van der Waals surface area contributed by atoms with Crippen molar-refractivity contribution in [2.45, 2.75) is 38.7 Å². The van der Waals surface area contributed by atoms with Crippen molar-refractivity contribution in [1.29, 1.82) is 0 Å². The van der Waals surface area contributed by atoms with Gasteiger partial charge in [0.05, 0.1) is 18.8 Å². The fourth-order valence-electron chi connectivity index (χ4n) is 1.29. The van der Waals surface area contributed by atoms with Gasteiger partial charge in [0.1, 0.15) is 0 Å². The van der Waals surface area contributed by atoms with Crippen molar-refractivity contribution in [2.75, 3.05) is 32.9 Å². The SMILES string of the molecule is CCC(O)(CC)CNCCCOCCO. The van der Waals surface area contributed by atoms with Crippen molar-refractivity contribution < 1.29 is 14.9 Å². The van der Waals surface area contributed by atoms with Crippen LogP contribution in [0.3, 0.4) is 0 Å². The minimum atomic E-state index is -0.564. The summed E-state index contributed by atoms with van der Waals surface area (Å²) in [6, 6.07) is 0. The third-order valence-electron chi connectivity index (χ3n) is 2.65. The second kappa shape index (κ2) is 9.09.